The molecule has 0 amide bonds. The van der Waals surface area contributed by atoms with E-state index >= 15 is 0 Å². The molecule has 4 nitrogen and oxygen atoms in total. The van der Waals surface area contributed by atoms with Gasteiger partial charge in [0.1, 0.15) is 0 Å². The Bertz CT molecular complexity index is 3360. The van der Waals surface area contributed by atoms with Crippen molar-refractivity contribution in [3.63, 3.8) is 0 Å². The third kappa shape index (κ3) is 5.55. The standard InChI is InChI=1S/C59H46N4S/c1-58(2)49-18-7-6-15-47(49)53-48(17-10-19-50(53)58)57-62-55(39-11-4-3-5-12-39)61-56(63-57)41-13-8-14-42(32-41)59(43-28-36-27-37(30-43)31-44(59)29-36)51-20-9-16-46-45-26-25-40(33-52(45)64-54(46)51)38-23-21-35(34-60)22-24-38/h3-26,32-33,36-37,43-44H,27-31H2,1-2H3. The molecule has 7 aromatic carbocycles. The van der Waals surface area contributed by atoms with Gasteiger partial charge < -0.3 is 0 Å². The zero-order chi connectivity index (χ0) is 42.7. The Kier molecular flexibility index (Phi) is 8.34. The molecule has 0 atom stereocenters. The predicted octanol–water partition coefficient (Wildman–Crippen LogP) is 14.8. The lowest BCUT2D eigenvalue weighted by molar-refractivity contribution is -0.0411. The zero-order valence-corrected chi connectivity index (χ0v) is 36.9. The number of hydrogen-bond donors (Lipinski definition) is 0. The van der Waals surface area contributed by atoms with E-state index in [9.17, 15) is 5.26 Å². The number of rotatable bonds is 6. The monoisotopic (exact) mass is 842 g/mol. The summed E-state index contributed by atoms with van der Waals surface area (Å²) in [7, 11) is 0. The van der Waals surface area contributed by atoms with E-state index in [1.807, 2.05) is 23.5 Å². The highest BCUT2D eigenvalue weighted by Gasteiger charge is 2.59. The summed E-state index contributed by atoms with van der Waals surface area (Å²) in [6.07, 6.45) is 6.53. The van der Waals surface area contributed by atoms with E-state index < -0.39 is 0 Å². The lowest BCUT2D eigenvalue weighted by Gasteiger charge is -2.62. The van der Waals surface area contributed by atoms with Gasteiger partial charge in [0.25, 0.3) is 0 Å². The molecule has 2 aromatic heterocycles. The van der Waals surface area contributed by atoms with Crippen LogP contribution in [0.3, 0.4) is 0 Å². The molecular weight excluding hydrogens is 797 g/mol. The Morgan fingerprint density at radius 1 is 0.516 bits per heavy atom. The molecule has 0 N–H and O–H groups in total. The molecule has 64 heavy (non-hydrogen) atoms. The van der Waals surface area contributed by atoms with Gasteiger partial charge in [0.2, 0.25) is 0 Å². The normalized spacial score (nSPS) is 22.4. The number of hydrogen-bond acceptors (Lipinski definition) is 5. The Hall–Kier alpha value is -6.74. The minimum absolute atomic E-state index is 0.132. The Labute approximate surface area is 378 Å². The van der Waals surface area contributed by atoms with Crippen LogP contribution in [0.5, 0.6) is 0 Å². The fraction of sp³-hybridized carbons (Fsp3) is 0.220. The van der Waals surface area contributed by atoms with Crippen LogP contribution in [0, 0.1) is 35.0 Å². The number of thiophene rings is 1. The van der Waals surface area contributed by atoms with Crippen molar-refractivity contribution in [3.8, 4) is 62.5 Å². The van der Waals surface area contributed by atoms with E-state index in [4.69, 9.17) is 15.0 Å². The quantitative estimate of drug-likeness (QED) is 0.167. The molecule has 4 saturated carbocycles. The molecule has 0 unspecified atom stereocenters. The third-order valence-corrected chi connectivity index (χ3v) is 17.0. The van der Waals surface area contributed by atoms with Crippen LogP contribution in [0.1, 0.15) is 73.8 Å². The fourth-order valence-electron chi connectivity index (χ4n) is 13.2. The Morgan fingerprint density at radius 3 is 1.92 bits per heavy atom. The second-order valence-corrected chi connectivity index (χ2v) is 20.6. The fourth-order valence-corrected chi connectivity index (χ4v) is 14.6. The van der Waals surface area contributed by atoms with Crippen LogP contribution in [0.15, 0.2) is 158 Å². The Balaban J connectivity index is 0.998. The smallest absolute Gasteiger partial charge is 0.164 e. The number of benzene rings is 7. The molecule has 4 fully saturated rings. The van der Waals surface area contributed by atoms with Gasteiger partial charge in [0.15, 0.2) is 17.5 Å². The molecule has 2 heterocycles. The van der Waals surface area contributed by atoms with Crippen molar-refractivity contribution in [3.05, 3.63) is 186 Å². The van der Waals surface area contributed by atoms with Crippen LogP contribution in [0.2, 0.25) is 0 Å². The lowest BCUT2D eigenvalue weighted by Crippen LogP contribution is -2.56. The summed E-state index contributed by atoms with van der Waals surface area (Å²) in [5.41, 5.74) is 13.8. The van der Waals surface area contributed by atoms with Crippen molar-refractivity contribution in [2.45, 2.75) is 56.8 Å². The molecular formula is C59H46N4S. The van der Waals surface area contributed by atoms with Crippen molar-refractivity contribution >= 4 is 31.5 Å². The highest BCUT2D eigenvalue weighted by Crippen LogP contribution is 2.66. The molecule has 0 saturated heterocycles. The SMILES string of the molecule is CC1(C)c2ccccc2-c2c(-c3nc(-c4ccccc4)nc(-c4cccc(C5(c6cccc7c6sc6cc(-c8ccc(C#N)cc8)ccc67)C6CC7CC(C6)CC5C7)c4)n3)cccc21. The summed E-state index contributed by atoms with van der Waals surface area (Å²) in [4.78, 5) is 16.1. The van der Waals surface area contributed by atoms with Gasteiger partial charge in [-0.25, -0.2) is 15.0 Å². The van der Waals surface area contributed by atoms with Crippen molar-refractivity contribution in [2.75, 3.05) is 0 Å². The van der Waals surface area contributed by atoms with Gasteiger partial charge in [0, 0.05) is 47.7 Å². The number of fused-ring (bicyclic) bond motifs is 6. The summed E-state index contributed by atoms with van der Waals surface area (Å²) in [5, 5.41) is 12.1. The maximum Gasteiger partial charge on any atom is 0.164 e. The van der Waals surface area contributed by atoms with E-state index in [0.717, 1.165) is 34.1 Å². The average Bonchev–Trinajstić information content (AvgIpc) is 3.83. The minimum Gasteiger partial charge on any atom is -0.208 e. The van der Waals surface area contributed by atoms with E-state index in [1.54, 1.807) is 0 Å². The van der Waals surface area contributed by atoms with Gasteiger partial charge in [0.05, 0.1) is 11.6 Å². The summed E-state index contributed by atoms with van der Waals surface area (Å²) in [5.74, 6) is 4.87. The van der Waals surface area contributed by atoms with Crippen molar-refractivity contribution in [1.29, 1.82) is 5.26 Å². The lowest BCUT2D eigenvalue weighted by atomic mass is 9.42. The molecule has 308 valence electrons. The number of nitriles is 1. The van der Waals surface area contributed by atoms with Crippen molar-refractivity contribution in [1.82, 2.24) is 15.0 Å². The van der Waals surface area contributed by atoms with E-state index in [1.165, 1.54) is 91.2 Å². The average molecular weight is 843 g/mol. The van der Waals surface area contributed by atoms with Gasteiger partial charge in [-0.15, -0.1) is 11.3 Å². The van der Waals surface area contributed by atoms with E-state index in [2.05, 4.69) is 166 Å². The van der Waals surface area contributed by atoms with Crippen LogP contribution in [0.25, 0.3) is 76.6 Å². The first-order chi connectivity index (χ1) is 31.4. The molecule has 4 bridgehead atoms. The number of nitrogens with zero attached hydrogens (tertiary/aromatic N) is 4. The minimum atomic E-state index is -0.133. The second-order valence-electron chi connectivity index (χ2n) is 19.5. The first-order valence-electron chi connectivity index (χ1n) is 23.0. The van der Waals surface area contributed by atoms with Gasteiger partial charge in [-0.05, 0) is 125 Å². The second kappa shape index (κ2) is 14.1. The Morgan fingerprint density at radius 2 is 1.14 bits per heavy atom. The summed E-state index contributed by atoms with van der Waals surface area (Å²) in [6.45, 7) is 4.66. The first-order valence-corrected chi connectivity index (χ1v) is 23.8. The van der Waals surface area contributed by atoms with Crippen LogP contribution in [-0.4, -0.2) is 15.0 Å². The largest absolute Gasteiger partial charge is 0.208 e. The molecule has 9 aromatic rings. The molecule has 0 radical (unpaired) electrons. The van der Waals surface area contributed by atoms with Gasteiger partial charge >= 0.3 is 0 Å². The van der Waals surface area contributed by atoms with Crippen LogP contribution in [-0.2, 0) is 10.8 Å². The van der Waals surface area contributed by atoms with Crippen LogP contribution in [0.4, 0.5) is 0 Å². The van der Waals surface area contributed by atoms with E-state index in [-0.39, 0.29) is 10.8 Å². The molecule has 0 aliphatic heterocycles. The van der Waals surface area contributed by atoms with Gasteiger partial charge in [-0.2, -0.15) is 5.26 Å². The van der Waals surface area contributed by atoms with E-state index in [0.29, 0.717) is 34.9 Å². The maximum atomic E-state index is 9.43. The van der Waals surface area contributed by atoms with Crippen LogP contribution >= 0.6 is 11.3 Å². The molecule has 5 heteroatoms. The molecule has 14 rings (SSSR count). The summed E-state index contributed by atoms with van der Waals surface area (Å²) < 4.78 is 2.73. The third-order valence-electron chi connectivity index (χ3n) is 15.8. The van der Waals surface area contributed by atoms with Crippen LogP contribution < -0.4 is 0 Å². The first kappa shape index (κ1) is 37.8. The molecule has 0 spiro atoms. The molecule has 5 aliphatic rings. The summed E-state index contributed by atoms with van der Waals surface area (Å²) in [6, 6.07) is 59.6. The van der Waals surface area contributed by atoms with Crippen molar-refractivity contribution in [2.24, 2.45) is 23.7 Å². The topological polar surface area (TPSA) is 62.5 Å². The highest BCUT2D eigenvalue weighted by atomic mass is 32.1. The maximum absolute atomic E-state index is 9.43. The molecule has 5 aliphatic carbocycles. The van der Waals surface area contributed by atoms with Crippen molar-refractivity contribution < 1.29 is 0 Å². The van der Waals surface area contributed by atoms with Gasteiger partial charge in [-0.3, -0.25) is 0 Å². The number of aromatic nitrogens is 3. The van der Waals surface area contributed by atoms with Gasteiger partial charge in [-0.1, -0.05) is 147 Å². The zero-order valence-electron chi connectivity index (χ0n) is 36.1. The summed E-state index contributed by atoms with van der Waals surface area (Å²) >= 11 is 1.96. The highest BCUT2D eigenvalue weighted by molar-refractivity contribution is 7.26. The predicted molar refractivity (Wildman–Crippen MR) is 261 cm³/mol.